The minimum Gasteiger partial charge on any atom is -0.323 e. The molecule has 5 nitrogen and oxygen atoms in total. The van der Waals surface area contributed by atoms with Crippen LogP contribution in [0.1, 0.15) is 43.3 Å². The third-order valence-corrected chi connectivity index (χ3v) is 3.38. The smallest absolute Gasteiger partial charge is 0.103 e. The summed E-state index contributed by atoms with van der Waals surface area (Å²) in [6.45, 7) is 4.12. The van der Waals surface area contributed by atoms with Crippen molar-refractivity contribution >= 4 is 0 Å². The van der Waals surface area contributed by atoms with Crippen LogP contribution in [-0.4, -0.2) is 15.0 Å². The molecule has 2 rings (SSSR count). The van der Waals surface area contributed by atoms with Crippen LogP contribution in [0.4, 0.5) is 0 Å². The highest BCUT2D eigenvalue weighted by Gasteiger charge is 2.17. The Morgan fingerprint density at radius 2 is 2.00 bits per heavy atom. The minimum absolute atomic E-state index is 0.0726. The summed E-state index contributed by atoms with van der Waals surface area (Å²) in [5.74, 6) is 0. The number of nitrogens with zero attached hydrogens (tertiary/aromatic N) is 4. The average molecular weight is 269 g/mol. The summed E-state index contributed by atoms with van der Waals surface area (Å²) in [6, 6.07) is 9.88. The van der Waals surface area contributed by atoms with Crippen molar-refractivity contribution < 1.29 is 0 Å². The summed E-state index contributed by atoms with van der Waals surface area (Å²) in [4.78, 5) is 0. The van der Waals surface area contributed by atoms with Gasteiger partial charge in [-0.25, -0.2) is 4.68 Å². The van der Waals surface area contributed by atoms with E-state index in [0.717, 1.165) is 35.5 Å². The van der Waals surface area contributed by atoms with Gasteiger partial charge in [0.1, 0.15) is 5.69 Å². The van der Waals surface area contributed by atoms with E-state index in [1.54, 1.807) is 0 Å². The molecule has 1 aromatic carbocycles. The number of aromatic nitrogens is 3. The Bertz CT molecular complexity index is 606. The zero-order valence-electron chi connectivity index (χ0n) is 11.9. The SMILES string of the molecule is CCc1c(C(N)CC)nnn1-c1ccc(CC#N)cc1. The number of nitriles is 1. The highest BCUT2D eigenvalue weighted by atomic mass is 15.4. The molecule has 0 radical (unpaired) electrons. The van der Waals surface area contributed by atoms with E-state index in [1.165, 1.54) is 0 Å². The molecule has 0 bridgehead atoms. The Balaban J connectivity index is 2.37. The average Bonchev–Trinajstić information content (AvgIpc) is 2.91. The Hall–Kier alpha value is -2.19. The monoisotopic (exact) mass is 269 g/mol. The van der Waals surface area contributed by atoms with Gasteiger partial charge in [0.15, 0.2) is 0 Å². The number of benzene rings is 1. The summed E-state index contributed by atoms with van der Waals surface area (Å²) in [7, 11) is 0. The van der Waals surface area contributed by atoms with E-state index in [0.29, 0.717) is 6.42 Å². The predicted octanol–water partition coefficient (Wildman–Crippen LogP) is 2.31. The molecule has 1 atom stereocenters. The molecule has 0 aliphatic heterocycles. The van der Waals surface area contributed by atoms with Gasteiger partial charge in [-0.15, -0.1) is 5.10 Å². The van der Waals surface area contributed by atoms with Gasteiger partial charge in [-0.3, -0.25) is 0 Å². The van der Waals surface area contributed by atoms with Crippen molar-refractivity contribution in [1.82, 2.24) is 15.0 Å². The van der Waals surface area contributed by atoms with E-state index in [9.17, 15) is 0 Å². The van der Waals surface area contributed by atoms with Crippen molar-refractivity contribution in [3.63, 3.8) is 0 Å². The molecular weight excluding hydrogens is 250 g/mol. The molecular formula is C15H19N5. The largest absolute Gasteiger partial charge is 0.323 e. The molecule has 0 saturated heterocycles. The lowest BCUT2D eigenvalue weighted by Crippen LogP contribution is -2.12. The van der Waals surface area contributed by atoms with Crippen molar-refractivity contribution in [2.45, 2.75) is 39.2 Å². The number of hydrogen-bond donors (Lipinski definition) is 1. The van der Waals surface area contributed by atoms with Crippen LogP contribution in [0.2, 0.25) is 0 Å². The van der Waals surface area contributed by atoms with Gasteiger partial charge in [0.25, 0.3) is 0 Å². The molecule has 104 valence electrons. The summed E-state index contributed by atoms with van der Waals surface area (Å²) in [5, 5.41) is 17.1. The Kier molecular flexibility index (Phi) is 4.49. The van der Waals surface area contributed by atoms with Crippen molar-refractivity contribution in [3.8, 4) is 11.8 Å². The van der Waals surface area contributed by atoms with Crippen LogP contribution in [0.25, 0.3) is 5.69 Å². The summed E-state index contributed by atoms with van der Waals surface area (Å²) in [5.41, 5.74) is 9.94. The van der Waals surface area contributed by atoms with Gasteiger partial charge in [-0.1, -0.05) is 31.2 Å². The topological polar surface area (TPSA) is 80.5 Å². The first-order chi connectivity index (χ1) is 9.71. The second-order valence-electron chi connectivity index (χ2n) is 4.70. The molecule has 1 heterocycles. The second kappa shape index (κ2) is 6.31. The van der Waals surface area contributed by atoms with Gasteiger partial charge in [0.05, 0.1) is 29.9 Å². The van der Waals surface area contributed by atoms with E-state index in [1.807, 2.05) is 35.9 Å². The van der Waals surface area contributed by atoms with Gasteiger partial charge >= 0.3 is 0 Å². The highest BCUT2D eigenvalue weighted by Crippen LogP contribution is 2.20. The number of hydrogen-bond acceptors (Lipinski definition) is 4. The summed E-state index contributed by atoms with van der Waals surface area (Å²) in [6.07, 6.45) is 2.09. The van der Waals surface area contributed by atoms with E-state index < -0.39 is 0 Å². The molecule has 0 saturated carbocycles. The van der Waals surface area contributed by atoms with Crippen LogP contribution in [0.15, 0.2) is 24.3 Å². The fourth-order valence-corrected chi connectivity index (χ4v) is 2.18. The first-order valence-corrected chi connectivity index (χ1v) is 6.87. The van der Waals surface area contributed by atoms with E-state index in [4.69, 9.17) is 11.0 Å². The first-order valence-electron chi connectivity index (χ1n) is 6.87. The van der Waals surface area contributed by atoms with Gasteiger partial charge in [0.2, 0.25) is 0 Å². The Morgan fingerprint density at radius 3 is 2.55 bits per heavy atom. The Morgan fingerprint density at radius 1 is 1.30 bits per heavy atom. The van der Waals surface area contributed by atoms with Crippen LogP contribution in [0, 0.1) is 11.3 Å². The van der Waals surface area contributed by atoms with Gasteiger partial charge in [-0.05, 0) is 30.5 Å². The second-order valence-corrected chi connectivity index (χ2v) is 4.70. The normalized spacial score (nSPS) is 12.1. The van der Waals surface area contributed by atoms with E-state index in [-0.39, 0.29) is 6.04 Å². The maximum atomic E-state index is 8.69. The quantitative estimate of drug-likeness (QED) is 0.903. The third kappa shape index (κ3) is 2.70. The first kappa shape index (κ1) is 14.2. The summed E-state index contributed by atoms with van der Waals surface area (Å²) < 4.78 is 1.83. The highest BCUT2D eigenvalue weighted by molar-refractivity contribution is 5.37. The summed E-state index contributed by atoms with van der Waals surface area (Å²) >= 11 is 0. The lowest BCUT2D eigenvalue weighted by atomic mass is 10.1. The molecule has 0 spiro atoms. The third-order valence-electron chi connectivity index (χ3n) is 3.38. The van der Waals surface area contributed by atoms with Crippen LogP contribution < -0.4 is 5.73 Å². The van der Waals surface area contributed by atoms with Crippen molar-refractivity contribution in [3.05, 3.63) is 41.2 Å². The molecule has 5 heteroatoms. The molecule has 1 aromatic heterocycles. The fourth-order valence-electron chi connectivity index (χ4n) is 2.18. The van der Waals surface area contributed by atoms with E-state index in [2.05, 4.69) is 23.3 Å². The lowest BCUT2D eigenvalue weighted by molar-refractivity contribution is 0.665. The minimum atomic E-state index is -0.0726. The zero-order valence-corrected chi connectivity index (χ0v) is 11.9. The molecule has 0 amide bonds. The standard InChI is InChI=1S/C15H19N5/c1-3-13(17)15-14(4-2)20(19-18-15)12-7-5-11(6-8-12)9-10-16/h5-8,13H,3-4,9,17H2,1-2H3. The van der Waals surface area contributed by atoms with Crippen LogP contribution in [0.5, 0.6) is 0 Å². The number of nitrogens with two attached hydrogens (primary N) is 1. The number of rotatable bonds is 5. The fraction of sp³-hybridized carbons (Fsp3) is 0.400. The maximum absolute atomic E-state index is 8.69. The molecule has 0 fully saturated rings. The predicted molar refractivity (Wildman–Crippen MR) is 77.3 cm³/mol. The van der Waals surface area contributed by atoms with E-state index >= 15 is 0 Å². The van der Waals surface area contributed by atoms with Crippen LogP contribution in [0.3, 0.4) is 0 Å². The van der Waals surface area contributed by atoms with Crippen molar-refractivity contribution in [2.75, 3.05) is 0 Å². The molecule has 2 N–H and O–H groups in total. The van der Waals surface area contributed by atoms with Crippen LogP contribution >= 0.6 is 0 Å². The molecule has 20 heavy (non-hydrogen) atoms. The van der Waals surface area contributed by atoms with Gasteiger partial charge in [0, 0.05) is 0 Å². The lowest BCUT2D eigenvalue weighted by Gasteiger charge is -2.09. The molecule has 2 aromatic rings. The van der Waals surface area contributed by atoms with Crippen LogP contribution in [-0.2, 0) is 12.8 Å². The van der Waals surface area contributed by atoms with Gasteiger partial charge in [-0.2, -0.15) is 5.26 Å². The molecule has 0 aliphatic rings. The van der Waals surface area contributed by atoms with Crippen molar-refractivity contribution in [1.29, 1.82) is 5.26 Å². The molecule has 0 aliphatic carbocycles. The van der Waals surface area contributed by atoms with Crippen molar-refractivity contribution in [2.24, 2.45) is 5.73 Å². The maximum Gasteiger partial charge on any atom is 0.103 e. The molecule has 1 unspecified atom stereocenters. The van der Waals surface area contributed by atoms with Gasteiger partial charge < -0.3 is 5.73 Å². The zero-order chi connectivity index (χ0) is 14.5. The Labute approximate surface area is 119 Å².